The molecule has 4 heteroatoms. The SMILES string of the molecule is CCCc1nc(C(C)(C)N)n[nH]1. The molecular formula is C8H16N4. The van der Waals surface area contributed by atoms with Gasteiger partial charge in [0.25, 0.3) is 0 Å². The summed E-state index contributed by atoms with van der Waals surface area (Å²) in [5.41, 5.74) is 5.38. The van der Waals surface area contributed by atoms with E-state index in [0.717, 1.165) is 18.7 Å². The van der Waals surface area contributed by atoms with Crippen LogP contribution in [-0.4, -0.2) is 15.2 Å². The first-order valence-electron chi connectivity index (χ1n) is 4.24. The summed E-state index contributed by atoms with van der Waals surface area (Å²) in [7, 11) is 0. The Balaban J connectivity index is 2.77. The Kier molecular flexibility index (Phi) is 2.47. The predicted octanol–water partition coefficient (Wildman–Crippen LogP) is 0.951. The smallest absolute Gasteiger partial charge is 0.169 e. The normalized spacial score (nSPS) is 12.0. The van der Waals surface area contributed by atoms with Gasteiger partial charge in [-0.05, 0) is 20.3 Å². The molecule has 0 aromatic carbocycles. The molecule has 0 saturated heterocycles. The Morgan fingerprint density at radius 1 is 1.50 bits per heavy atom. The quantitative estimate of drug-likeness (QED) is 0.706. The van der Waals surface area contributed by atoms with Gasteiger partial charge in [0.05, 0.1) is 5.54 Å². The zero-order valence-electron chi connectivity index (χ0n) is 7.89. The summed E-state index contributed by atoms with van der Waals surface area (Å²) in [6, 6.07) is 0. The van der Waals surface area contributed by atoms with Gasteiger partial charge in [0.1, 0.15) is 5.82 Å². The van der Waals surface area contributed by atoms with Crippen LogP contribution >= 0.6 is 0 Å². The van der Waals surface area contributed by atoms with Crippen LogP contribution in [0.5, 0.6) is 0 Å². The van der Waals surface area contributed by atoms with E-state index in [9.17, 15) is 0 Å². The molecule has 0 unspecified atom stereocenters. The average Bonchev–Trinajstić information content (AvgIpc) is 2.35. The minimum atomic E-state index is -0.442. The molecule has 0 aliphatic rings. The minimum Gasteiger partial charge on any atom is -0.319 e. The van der Waals surface area contributed by atoms with Gasteiger partial charge in [-0.25, -0.2) is 4.98 Å². The van der Waals surface area contributed by atoms with Crippen molar-refractivity contribution in [3.8, 4) is 0 Å². The lowest BCUT2D eigenvalue weighted by molar-refractivity contribution is 0.516. The number of aromatic amines is 1. The molecule has 1 aromatic heterocycles. The van der Waals surface area contributed by atoms with Gasteiger partial charge in [0, 0.05) is 6.42 Å². The second-order valence-electron chi connectivity index (χ2n) is 3.58. The molecule has 0 atom stereocenters. The maximum absolute atomic E-state index is 5.82. The van der Waals surface area contributed by atoms with Crippen molar-refractivity contribution in [2.45, 2.75) is 39.2 Å². The Morgan fingerprint density at radius 2 is 2.17 bits per heavy atom. The molecular weight excluding hydrogens is 152 g/mol. The van der Waals surface area contributed by atoms with E-state index in [2.05, 4.69) is 22.1 Å². The molecule has 0 aliphatic heterocycles. The van der Waals surface area contributed by atoms with Crippen LogP contribution in [0.25, 0.3) is 0 Å². The monoisotopic (exact) mass is 168 g/mol. The van der Waals surface area contributed by atoms with Gasteiger partial charge in [-0.15, -0.1) is 0 Å². The summed E-state index contributed by atoms with van der Waals surface area (Å²) in [4.78, 5) is 4.28. The Morgan fingerprint density at radius 3 is 2.58 bits per heavy atom. The first-order valence-corrected chi connectivity index (χ1v) is 4.24. The van der Waals surface area contributed by atoms with Gasteiger partial charge in [0.15, 0.2) is 5.82 Å². The molecule has 1 aromatic rings. The van der Waals surface area contributed by atoms with Crippen LogP contribution in [0.3, 0.4) is 0 Å². The molecule has 0 spiro atoms. The lowest BCUT2D eigenvalue weighted by atomic mass is 10.1. The first-order chi connectivity index (χ1) is 5.54. The molecule has 12 heavy (non-hydrogen) atoms. The van der Waals surface area contributed by atoms with E-state index in [1.165, 1.54) is 0 Å². The zero-order chi connectivity index (χ0) is 9.19. The molecule has 4 nitrogen and oxygen atoms in total. The molecule has 68 valence electrons. The standard InChI is InChI=1S/C8H16N4/c1-4-5-6-10-7(12-11-6)8(2,3)9/h4-5,9H2,1-3H3,(H,10,11,12). The fourth-order valence-corrected chi connectivity index (χ4v) is 0.932. The van der Waals surface area contributed by atoms with Crippen LogP contribution in [0.2, 0.25) is 0 Å². The van der Waals surface area contributed by atoms with Crippen molar-refractivity contribution in [1.82, 2.24) is 15.2 Å². The van der Waals surface area contributed by atoms with E-state index in [4.69, 9.17) is 5.73 Å². The number of hydrogen-bond acceptors (Lipinski definition) is 3. The maximum Gasteiger partial charge on any atom is 0.169 e. The number of rotatable bonds is 3. The van der Waals surface area contributed by atoms with Crippen LogP contribution in [0.15, 0.2) is 0 Å². The van der Waals surface area contributed by atoms with Gasteiger partial charge < -0.3 is 5.73 Å². The summed E-state index contributed by atoms with van der Waals surface area (Å²) in [5, 5.41) is 6.92. The number of aromatic nitrogens is 3. The third kappa shape index (κ3) is 2.04. The molecule has 0 aliphatic carbocycles. The minimum absolute atomic E-state index is 0.442. The van der Waals surface area contributed by atoms with E-state index >= 15 is 0 Å². The molecule has 0 bridgehead atoms. The Labute approximate surface area is 72.6 Å². The largest absolute Gasteiger partial charge is 0.319 e. The van der Waals surface area contributed by atoms with Crippen molar-refractivity contribution in [2.75, 3.05) is 0 Å². The molecule has 0 amide bonds. The fraction of sp³-hybridized carbons (Fsp3) is 0.750. The Hall–Kier alpha value is -0.900. The highest BCUT2D eigenvalue weighted by Crippen LogP contribution is 2.11. The van der Waals surface area contributed by atoms with Crippen molar-refractivity contribution in [2.24, 2.45) is 5.73 Å². The molecule has 1 rings (SSSR count). The molecule has 3 N–H and O–H groups in total. The van der Waals surface area contributed by atoms with Gasteiger partial charge in [-0.1, -0.05) is 6.92 Å². The predicted molar refractivity (Wildman–Crippen MR) is 47.6 cm³/mol. The molecule has 0 fully saturated rings. The summed E-state index contributed by atoms with van der Waals surface area (Å²) in [6.07, 6.45) is 2.00. The summed E-state index contributed by atoms with van der Waals surface area (Å²) >= 11 is 0. The average molecular weight is 168 g/mol. The van der Waals surface area contributed by atoms with Crippen LogP contribution in [-0.2, 0) is 12.0 Å². The summed E-state index contributed by atoms with van der Waals surface area (Å²) in [6.45, 7) is 5.90. The van der Waals surface area contributed by atoms with Gasteiger partial charge in [-0.2, -0.15) is 5.10 Å². The second kappa shape index (κ2) is 3.23. The van der Waals surface area contributed by atoms with Crippen molar-refractivity contribution in [3.63, 3.8) is 0 Å². The van der Waals surface area contributed by atoms with Crippen molar-refractivity contribution >= 4 is 0 Å². The first kappa shape index (κ1) is 9.19. The van der Waals surface area contributed by atoms with Crippen LogP contribution in [0.4, 0.5) is 0 Å². The van der Waals surface area contributed by atoms with Gasteiger partial charge in [0.2, 0.25) is 0 Å². The maximum atomic E-state index is 5.82. The van der Waals surface area contributed by atoms with E-state index in [-0.39, 0.29) is 0 Å². The molecule has 0 saturated carbocycles. The third-order valence-electron chi connectivity index (χ3n) is 1.59. The highest BCUT2D eigenvalue weighted by molar-refractivity contribution is 5.01. The van der Waals surface area contributed by atoms with E-state index in [1.54, 1.807) is 0 Å². The zero-order valence-corrected chi connectivity index (χ0v) is 7.89. The van der Waals surface area contributed by atoms with E-state index in [0.29, 0.717) is 5.82 Å². The van der Waals surface area contributed by atoms with Crippen LogP contribution in [0, 0.1) is 0 Å². The van der Waals surface area contributed by atoms with E-state index < -0.39 is 5.54 Å². The number of hydrogen-bond donors (Lipinski definition) is 2. The van der Waals surface area contributed by atoms with Crippen molar-refractivity contribution in [3.05, 3.63) is 11.6 Å². The molecule has 1 heterocycles. The highest BCUT2D eigenvalue weighted by Gasteiger charge is 2.19. The fourth-order valence-electron chi connectivity index (χ4n) is 0.932. The summed E-state index contributed by atoms with van der Waals surface area (Å²) < 4.78 is 0. The lowest BCUT2D eigenvalue weighted by Crippen LogP contribution is -2.30. The number of aryl methyl sites for hydroxylation is 1. The lowest BCUT2D eigenvalue weighted by Gasteiger charge is -2.12. The number of nitrogens with two attached hydrogens (primary N) is 1. The number of H-pyrrole nitrogens is 1. The van der Waals surface area contributed by atoms with Crippen LogP contribution in [0.1, 0.15) is 38.8 Å². The van der Waals surface area contributed by atoms with Gasteiger partial charge in [-0.3, -0.25) is 5.10 Å². The third-order valence-corrected chi connectivity index (χ3v) is 1.59. The van der Waals surface area contributed by atoms with Crippen LogP contribution < -0.4 is 5.73 Å². The van der Waals surface area contributed by atoms with Crippen molar-refractivity contribution < 1.29 is 0 Å². The molecule has 0 radical (unpaired) electrons. The number of nitrogens with one attached hydrogen (secondary N) is 1. The second-order valence-corrected chi connectivity index (χ2v) is 3.58. The van der Waals surface area contributed by atoms with E-state index in [1.807, 2.05) is 13.8 Å². The van der Waals surface area contributed by atoms with Crippen molar-refractivity contribution in [1.29, 1.82) is 0 Å². The topological polar surface area (TPSA) is 67.6 Å². The summed E-state index contributed by atoms with van der Waals surface area (Å²) in [5.74, 6) is 1.61. The Bertz CT molecular complexity index is 246. The van der Waals surface area contributed by atoms with Gasteiger partial charge >= 0.3 is 0 Å². The number of nitrogens with zero attached hydrogens (tertiary/aromatic N) is 2. The highest BCUT2D eigenvalue weighted by atomic mass is 15.2.